The Morgan fingerprint density at radius 2 is 1.86 bits per heavy atom. The van der Waals surface area contributed by atoms with Crippen molar-refractivity contribution in [2.24, 2.45) is 7.05 Å². The zero-order valence-electron chi connectivity index (χ0n) is 23.5. The summed E-state index contributed by atoms with van der Waals surface area (Å²) in [4.78, 5) is 12.9. The highest BCUT2D eigenvalue weighted by atomic mass is 32.2. The second-order valence-corrected chi connectivity index (χ2v) is 14.6. The molecule has 42 heavy (non-hydrogen) atoms. The Bertz CT molecular complexity index is 1720. The number of aromatic nitrogens is 1. The van der Waals surface area contributed by atoms with Crippen LogP contribution in [0.3, 0.4) is 0 Å². The van der Waals surface area contributed by atoms with Crippen LogP contribution in [0.1, 0.15) is 19.3 Å². The van der Waals surface area contributed by atoms with Gasteiger partial charge in [0.2, 0.25) is 25.5 Å². The van der Waals surface area contributed by atoms with Crippen LogP contribution >= 0.6 is 0 Å². The van der Waals surface area contributed by atoms with Crippen LogP contribution in [0, 0.1) is 0 Å². The Kier molecular flexibility index (Phi) is 8.77. The van der Waals surface area contributed by atoms with Crippen molar-refractivity contribution in [1.82, 2.24) is 18.9 Å². The minimum Gasteiger partial charge on any atom is -0.491 e. The maximum Gasteiger partial charge on any atom is 0.248 e. The van der Waals surface area contributed by atoms with Crippen LogP contribution in [0.4, 0.5) is 0 Å². The van der Waals surface area contributed by atoms with Crippen molar-refractivity contribution in [3.05, 3.63) is 65.0 Å². The fourth-order valence-electron chi connectivity index (χ4n) is 5.59. The number of para-hydroxylation sites is 1. The second kappa shape index (κ2) is 12.0. The lowest BCUT2D eigenvalue weighted by molar-refractivity contribution is -0.0312. The molecule has 3 aromatic rings. The fraction of sp³-hybridized carbons (Fsp3) is 0.464. The molecule has 0 radical (unpaired) electrons. The number of pyridine rings is 1. The van der Waals surface area contributed by atoms with Gasteiger partial charge < -0.3 is 24.5 Å². The van der Waals surface area contributed by atoms with E-state index in [-0.39, 0.29) is 42.1 Å². The summed E-state index contributed by atoms with van der Waals surface area (Å²) >= 11 is 0. The third-order valence-corrected chi connectivity index (χ3v) is 11.3. The molecular weight excluding hydrogens is 584 g/mol. The van der Waals surface area contributed by atoms with Gasteiger partial charge in [-0.25, -0.2) is 21.6 Å². The SMILES string of the molecule is CNS(=O)(=O)c1cccc(OC[C@@H](O)CN[C@H]2COC3(CCN(S(=O)(=O)c4cn(C)c5ccccc5c4=O)CC3)C2)c1. The number of benzene rings is 2. The molecule has 2 saturated heterocycles. The lowest BCUT2D eigenvalue weighted by atomic mass is 9.88. The topological polar surface area (TPSA) is 156 Å². The molecule has 0 aliphatic carbocycles. The first-order valence-corrected chi connectivity index (χ1v) is 16.7. The summed E-state index contributed by atoms with van der Waals surface area (Å²) in [5.74, 6) is 0.330. The van der Waals surface area contributed by atoms with Gasteiger partial charge in [-0.05, 0) is 50.6 Å². The molecule has 0 amide bonds. The maximum absolute atomic E-state index is 13.5. The molecule has 12 nitrogen and oxygen atoms in total. The van der Waals surface area contributed by atoms with Gasteiger partial charge >= 0.3 is 0 Å². The van der Waals surface area contributed by atoms with Crippen LogP contribution in [0.2, 0.25) is 0 Å². The molecule has 14 heteroatoms. The summed E-state index contributed by atoms with van der Waals surface area (Å²) in [6, 6.07) is 13.0. The third-order valence-electron chi connectivity index (χ3n) is 7.99. The van der Waals surface area contributed by atoms with Crippen LogP contribution in [0.5, 0.6) is 5.75 Å². The highest BCUT2D eigenvalue weighted by Gasteiger charge is 2.45. The first-order valence-electron chi connectivity index (χ1n) is 13.7. The van der Waals surface area contributed by atoms with Crippen molar-refractivity contribution in [2.75, 3.05) is 39.9 Å². The number of nitrogens with zero attached hydrogens (tertiary/aromatic N) is 2. The van der Waals surface area contributed by atoms with Gasteiger partial charge in [0.15, 0.2) is 0 Å². The number of aliphatic hydroxyl groups is 1. The molecule has 3 heterocycles. The number of hydrogen-bond acceptors (Lipinski definition) is 9. The summed E-state index contributed by atoms with van der Waals surface area (Å²) in [6.07, 6.45) is 2.21. The number of piperidine rings is 1. The molecule has 228 valence electrons. The molecule has 0 saturated carbocycles. The van der Waals surface area contributed by atoms with Crippen molar-refractivity contribution in [3.63, 3.8) is 0 Å². The highest BCUT2D eigenvalue weighted by molar-refractivity contribution is 7.89. The summed E-state index contributed by atoms with van der Waals surface area (Å²) in [5.41, 5.74) is -0.301. The quantitative estimate of drug-likeness (QED) is 0.298. The van der Waals surface area contributed by atoms with Crippen LogP contribution < -0.4 is 20.2 Å². The van der Waals surface area contributed by atoms with Crippen molar-refractivity contribution < 1.29 is 31.4 Å². The first kappa shape index (κ1) is 30.6. The van der Waals surface area contributed by atoms with E-state index in [0.717, 1.165) is 0 Å². The Hall–Kier alpha value is -2.85. The molecule has 2 aliphatic rings. The number of hydrogen-bond donors (Lipinski definition) is 3. The van der Waals surface area contributed by atoms with Gasteiger partial charge in [-0.1, -0.05) is 18.2 Å². The molecule has 0 unspecified atom stereocenters. The van der Waals surface area contributed by atoms with Gasteiger partial charge in [0.1, 0.15) is 23.4 Å². The number of sulfonamides is 2. The fourth-order valence-corrected chi connectivity index (χ4v) is 7.94. The normalized spacial score (nSPS) is 20.2. The number of rotatable bonds is 10. The van der Waals surface area contributed by atoms with Crippen LogP contribution in [-0.2, 0) is 31.8 Å². The molecule has 1 aromatic heterocycles. The van der Waals surface area contributed by atoms with Crippen LogP contribution in [-0.4, -0.2) is 88.5 Å². The number of aliphatic hydroxyl groups excluding tert-OH is 1. The van der Waals surface area contributed by atoms with E-state index in [2.05, 4.69) is 10.0 Å². The van der Waals surface area contributed by atoms with Crippen LogP contribution in [0.15, 0.2) is 69.3 Å². The van der Waals surface area contributed by atoms with Gasteiger partial charge in [-0.15, -0.1) is 0 Å². The lowest BCUT2D eigenvalue weighted by Gasteiger charge is -2.38. The molecule has 5 rings (SSSR count). The summed E-state index contributed by atoms with van der Waals surface area (Å²) in [6.45, 7) is 1.11. The number of aryl methyl sites for hydroxylation is 1. The van der Waals surface area contributed by atoms with E-state index in [1.807, 2.05) is 0 Å². The van der Waals surface area contributed by atoms with Crippen molar-refractivity contribution in [2.45, 2.75) is 46.8 Å². The Balaban J connectivity index is 1.13. The predicted octanol–water partition coefficient (Wildman–Crippen LogP) is 0.788. The zero-order chi connectivity index (χ0) is 30.1. The monoisotopic (exact) mass is 620 g/mol. The maximum atomic E-state index is 13.5. The molecule has 1 spiro atoms. The standard InChI is InChI=1S/C28H36N4O8S2/c1-29-41(35,36)23-7-5-6-22(14-23)39-19-21(33)16-30-20-15-28(40-18-20)10-12-32(13-11-28)42(37,38)26-17-31(2)25-9-4-3-8-24(25)27(26)34/h3-9,14,17,20-21,29-30,33H,10-13,15-16,18-19H2,1-2H3/t20-,21+/m1/s1. The van der Waals surface area contributed by atoms with Gasteiger partial charge in [-0.2, -0.15) is 4.31 Å². The van der Waals surface area contributed by atoms with E-state index < -0.39 is 37.2 Å². The smallest absolute Gasteiger partial charge is 0.248 e. The molecule has 0 bridgehead atoms. The Labute approximate surface area is 245 Å². The van der Waals surface area contributed by atoms with Gasteiger partial charge in [0.05, 0.1) is 22.6 Å². The van der Waals surface area contributed by atoms with Gasteiger partial charge in [0.25, 0.3) is 0 Å². The highest BCUT2D eigenvalue weighted by Crippen LogP contribution is 2.37. The van der Waals surface area contributed by atoms with E-state index in [1.54, 1.807) is 48.0 Å². The summed E-state index contributed by atoms with van der Waals surface area (Å²) < 4.78 is 68.0. The Morgan fingerprint density at radius 1 is 1.12 bits per heavy atom. The third kappa shape index (κ3) is 6.25. The van der Waals surface area contributed by atoms with Crippen molar-refractivity contribution >= 4 is 30.9 Å². The van der Waals surface area contributed by atoms with Crippen molar-refractivity contribution in [3.8, 4) is 5.75 Å². The molecule has 2 aromatic carbocycles. The molecule has 2 atom stereocenters. The lowest BCUT2D eigenvalue weighted by Crippen LogP contribution is -2.47. The average Bonchev–Trinajstić information content (AvgIpc) is 3.39. The molecule has 2 aliphatic heterocycles. The van der Waals surface area contributed by atoms with E-state index in [4.69, 9.17) is 9.47 Å². The van der Waals surface area contributed by atoms with Gasteiger partial charge in [-0.3, -0.25) is 4.79 Å². The molecule has 3 N–H and O–H groups in total. The number of nitrogens with one attached hydrogen (secondary N) is 2. The average molecular weight is 621 g/mol. The van der Waals surface area contributed by atoms with E-state index >= 15 is 0 Å². The van der Waals surface area contributed by atoms with E-state index in [1.165, 1.54) is 29.7 Å². The minimum atomic E-state index is -3.98. The van der Waals surface area contributed by atoms with E-state index in [0.29, 0.717) is 42.5 Å². The largest absolute Gasteiger partial charge is 0.491 e. The first-order chi connectivity index (χ1) is 19.9. The van der Waals surface area contributed by atoms with Crippen molar-refractivity contribution in [1.29, 1.82) is 0 Å². The van der Waals surface area contributed by atoms with E-state index in [9.17, 15) is 26.7 Å². The Morgan fingerprint density at radius 3 is 2.60 bits per heavy atom. The summed E-state index contributed by atoms with van der Waals surface area (Å²) in [5, 5.41) is 14.1. The molecular formula is C28H36N4O8S2. The zero-order valence-corrected chi connectivity index (χ0v) is 25.2. The molecule has 2 fully saturated rings. The minimum absolute atomic E-state index is 0.0281. The predicted molar refractivity (Wildman–Crippen MR) is 156 cm³/mol. The summed E-state index contributed by atoms with van der Waals surface area (Å²) in [7, 11) is -4.53. The number of fused-ring (bicyclic) bond motifs is 1. The van der Waals surface area contributed by atoms with Crippen LogP contribution in [0.25, 0.3) is 10.9 Å². The number of ether oxygens (including phenoxy) is 2. The van der Waals surface area contributed by atoms with Gasteiger partial charge in [0, 0.05) is 50.4 Å². The second-order valence-electron chi connectivity index (χ2n) is 10.8.